The fourth-order valence-electron chi connectivity index (χ4n) is 3.45. The van der Waals surface area contributed by atoms with Crippen LogP contribution in [-0.4, -0.2) is 36.9 Å². The maximum absolute atomic E-state index is 12.3. The van der Waals surface area contributed by atoms with Gasteiger partial charge in [0.2, 0.25) is 0 Å². The van der Waals surface area contributed by atoms with Crippen molar-refractivity contribution < 1.29 is 4.79 Å². The molecule has 0 saturated carbocycles. The van der Waals surface area contributed by atoms with E-state index >= 15 is 0 Å². The molecule has 154 valence electrons. The fourth-order valence-corrected chi connectivity index (χ4v) is 3.45. The van der Waals surface area contributed by atoms with Crippen LogP contribution in [0, 0.1) is 5.41 Å². The summed E-state index contributed by atoms with van der Waals surface area (Å²) in [7, 11) is 0. The minimum absolute atomic E-state index is 0. The van der Waals surface area contributed by atoms with Crippen molar-refractivity contribution in [2.45, 2.75) is 33.7 Å². The summed E-state index contributed by atoms with van der Waals surface area (Å²) >= 11 is 0. The van der Waals surface area contributed by atoms with Gasteiger partial charge in [-0.2, -0.15) is 0 Å². The summed E-state index contributed by atoms with van der Waals surface area (Å²) < 4.78 is 0. The number of anilines is 1. The quantitative estimate of drug-likeness (QED) is 0.596. The van der Waals surface area contributed by atoms with Crippen LogP contribution in [0.1, 0.15) is 43.1 Å². The standard InChI is InChI=1S/C23H30N2O.2ClH/c1-23(2,3)17-22(26)20-9-11-21(12-10-20)25-15-13-24(14-16-25)18-19-7-5-4-6-8-19;;/h4-12H,13-18H2,1-3H3;2*1H. The van der Waals surface area contributed by atoms with Crippen molar-refractivity contribution in [3.05, 3.63) is 65.7 Å². The van der Waals surface area contributed by atoms with Crippen molar-refractivity contribution >= 4 is 36.3 Å². The predicted octanol–water partition coefficient (Wildman–Crippen LogP) is 5.47. The monoisotopic (exact) mass is 422 g/mol. The Labute approximate surface area is 181 Å². The maximum Gasteiger partial charge on any atom is 0.163 e. The second-order valence-electron chi connectivity index (χ2n) is 8.46. The number of hydrogen-bond donors (Lipinski definition) is 0. The number of piperazine rings is 1. The van der Waals surface area contributed by atoms with E-state index in [-0.39, 0.29) is 36.0 Å². The molecular formula is C23H32Cl2N2O. The molecule has 1 fully saturated rings. The fraction of sp³-hybridized carbons (Fsp3) is 0.435. The van der Waals surface area contributed by atoms with Crippen LogP contribution in [0.2, 0.25) is 0 Å². The summed E-state index contributed by atoms with van der Waals surface area (Å²) in [6.45, 7) is 11.5. The number of benzene rings is 2. The normalized spacial score (nSPS) is 14.8. The van der Waals surface area contributed by atoms with Crippen LogP contribution in [0.5, 0.6) is 0 Å². The lowest BCUT2D eigenvalue weighted by Crippen LogP contribution is -2.45. The zero-order chi connectivity index (χ0) is 18.6. The number of Topliss-reactive ketones (excluding diaryl/α,β-unsaturated/α-hetero) is 1. The molecular weight excluding hydrogens is 391 g/mol. The molecule has 2 aromatic rings. The first kappa shape index (κ1) is 24.5. The average molecular weight is 423 g/mol. The highest BCUT2D eigenvalue weighted by Crippen LogP contribution is 2.23. The minimum atomic E-state index is 0. The Bertz CT molecular complexity index is 719. The lowest BCUT2D eigenvalue weighted by Gasteiger charge is -2.36. The number of rotatable bonds is 5. The second kappa shape index (κ2) is 10.8. The van der Waals surface area contributed by atoms with Crippen LogP contribution in [0.3, 0.4) is 0 Å². The third-order valence-electron chi connectivity index (χ3n) is 4.87. The van der Waals surface area contributed by atoms with Gasteiger partial charge in [-0.05, 0) is 35.2 Å². The first-order chi connectivity index (χ1) is 12.4. The van der Waals surface area contributed by atoms with Crippen molar-refractivity contribution in [1.29, 1.82) is 0 Å². The van der Waals surface area contributed by atoms with Crippen molar-refractivity contribution in [2.75, 3.05) is 31.1 Å². The highest BCUT2D eigenvalue weighted by molar-refractivity contribution is 5.96. The van der Waals surface area contributed by atoms with Crippen molar-refractivity contribution in [3.63, 3.8) is 0 Å². The van der Waals surface area contributed by atoms with E-state index in [4.69, 9.17) is 0 Å². The smallest absolute Gasteiger partial charge is 0.163 e. The van der Waals surface area contributed by atoms with Crippen molar-refractivity contribution in [2.24, 2.45) is 5.41 Å². The van der Waals surface area contributed by atoms with Crippen LogP contribution in [-0.2, 0) is 6.54 Å². The van der Waals surface area contributed by atoms with Gasteiger partial charge in [0, 0.05) is 50.4 Å². The molecule has 3 rings (SSSR count). The Morgan fingerprint density at radius 2 is 1.43 bits per heavy atom. The van der Waals surface area contributed by atoms with Crippen molar-refractivity contribution in [1.82, 2.24) is 4.90 Å². The Kier molecular flexibility index (Phi) is 9.49. The van der Waals surface area contributed by atoms with Gasteiger partial charge in [-0.25, -0.2) is 0 Å². The molecule has 3 nitrogen and oxygen atoms in total. The number of hydrogen-bond acceptors (Lipinski definition) is 3. The molecule has 0 amide bonds. The van der Waals surface area contributed by atoms with Crippen LogP contribution >= 0.6 is 24.8 Å². The summed E-state index contributed by atoms with van der Waals surface area (Å²) in [5.41, 5.74) is 3.45. The molecule has 0 aromatic heterocycles. The van der Waals surface area contributed by atoms with Gasteiger partial charge in [0.05, 0.1) is 0 Å². The molecule has 1 heterocycles. The van der Waals surface area contributed by atoms with Crippen LogP contribution in [0.15, 0.2) is 54.6 Å². The Balaban J connectivity index is 0.00000196. The van der Waals surface area contributed by atoms with E-state index in [2.05, 4.69) is 73.0 Å². The summed E-state index contributed by atoms with van der Waals surface area (Å²) in [6, 6.07) is 18.8. The molecule has 1 saturated heterocycles. The topological polar surface area (TPSA) is 23.6 Å². The van der Waals surface area contributed by atoms with E-state index in [1.54, 1.807) is 0 Å². The third kappa shape index (κ3) is 7.12. The molecule has 5 heteroatoms. The van der Waals surface area contributed by atoms with Gasteiger partial charge in [-0.3, -0.25) is 9.69 Å². The molecule has 0 bridgehead atoms. The largest absolute Gasteiger partial charge is 0.369 e. The lowest BCUT2D eigenvalue weighted by atomic mass is 9.88. The summed E-state index contributed by atoms with van der Waals surface area (Å²) in [6.07, 6.45) is 0.588. The first-order valence-corrected chi connectivity index (χ1v) is 9.55. The molecule has 0 atom stereocenters. The first-order valence-electron chi connectivity index (χ1n) is 9.55. The summed E-state index contributed by atoms with van der Waals surface area (Å²) in [5, 5.41) is 0. The average Bonchev–Trinajstić information content (AvgIpc) is 2.62. The number of nitrogens with zero attached hydrogens (tertiary/aromatic N) is 2. The van der Waals surface area contributed by atoms with E-state index in [0.717, 1.165) is 38.3 Å². The molecule has 0 N–H and O–H groups in total. The summed E-state index contributed by atoms with van der Waals surface area (Å²) in [5.74, 6) is 0.233. The molecule has 1 aliphatic rings. The second-order valence-corrected chi connectivity index (χ2v) is 8.46. The predicted molar refractivity (Wildman–Crippen MR) is 123 cm³/mol. The molecule has 0 radical (unpaired) electrons. The van der Waals surface area contributed by atoms with Gasteiger partial charge in [0.25, 0.3) is 0 Å². The molecule has 0 unspecified atom stereocenters. The van der Waals surface area contributed by atoms with Gasteiger partial charge in [0.1, 0.15) is 0 Å². The van der Waals surface area contributed by atoms with Gasteiger partial charge in [-0.1, -0.05) is 51.1 Å². The van der Waals surface area contributed by atoms with Gasteiger partial charge in [0.15, 0.2) is 5.78 Å². The van der Waals surface area contributed by atoms with E-state index < -0.39 is 0 Å². The maximum atomic E-state index is 12.3. The van der Waals surface area contributed by atoms with E-state index in [9.17, 15) is 4.79 Å². The number of ketones is 1. The number of carbonyl (C=O) groups excluding carboxylic acids is 1. The van der Waals surface area contributed by atoms with Crippen molar-refractivity contribution in [3.8, 4) is 0 Å². The zero-order valence-corrected chi connectivity index (χ0v) is 18.7. The molecule has 28 heavy (non-hydrogen) atoms. The number of halogens is 2. The number of carbonyl (C=O) groups is 1. The SMILES string of the molecule is CC(C)(C)CC(=O)c1ccc(N2CCN(Cc3ccccc3)CC2)cc1.Cl.Cl. The summed E-state index contributed by atoms with van der Waals surface area (Å²) in [4.78, 5) is 17.3. The van der Waals surface area contributed by atoms with E-state index in [1.807, 2.05) is 12.1 Å². The third-order valence-corrected chi connectivity index (χ3v) is 4.87. The Hall–Kier alpha value is -1.55. The van der Waals surface area contributed by atoms with E-state index in [0.29, 0.717) is 6.42 Å². The van der Waals surface area contributed by atoms with Gasteiger partial charge < -0.3 is 4.90 Å². The highest BCUT2D eigenvalue weighted by atomic mass is 35.5. The zero-order valence-electron chi connectivity index (χ0n) is 17.1. The Morgan fingerprint density at radius 1 is 0.857 bits per heavy atom. The van der Waals surface area contributed by atoms with Gasteiger partial charge in [-0.15, -0.1) is 24.8 Å². The van der Waals surface area contributed by atoms with E-state index in [1.165, 1.54) is 11.3 Å². The molecule has 2 aromatic carbocycles. The Morgan fingerprint density at radius 3 is 1.96 bits per heavy atom. The van der Waals surface area contributed by atoms with Crippen LogP contribution in [0.25, 0.3) is 0 Å². The molecule has 0 aliphatic carbocycles. The lowest BCUT2D eigenvalue weighted by molar-refractivity contribution is 0.0940. The molecule has 0 spiro atoms. The van der Waals surface area contributed by atoms with Crippen LogP contribution in [0.4, 0.5) is 5.69 Å². The minimum Gasteiger partial charge on any atom is -0.369 e. The van der Waals surface area contributed by atoms with Gasteiger partial charge >= 0.3 is 0 Å². The highest BCUT2D eigenvalue weighted by Gasteiger charge is 2.19. The van der Waals surface area contributed by atoms with Crippen LogP contribution < -0.4 is 4.90 Å². The molecule has 1 aliphatic heterocycles.